The number of ether oxygens (including phenoxy) is 1. The van der Waals surface area contributed by atoms with Crippen LogP contribution < -0.4 is 5.32 Å². The minimum absolute atomic E-state index is 0.888. The SMILES string of the molecule is CCn1cccc1CNCCCCCOC. The van der Waals surface area contributed by atoms with Crippen LogP contribution in [-0.2, 0) is 17.8 Å². The van der Waals surface area contributed by atoms with Crippen molar-refractivity contribution in [2.45, 2.75) is 39.3 Å². The van der Waals surface area contributed by atoms with E-state index in [2.05, 4.69) is 35.1 Å². The lowest BCUT2D eigenvalue weighted by Gasteiger charge is -2.07. The van der Waals surface area contributed by atoms with E-state index in [0.717, 1.165) is 26.2 Å². The lowest BCUT2D eigenvalue weighted by atomic mass is 10.2. The third-order valence-electron chi connectivity index (χ3n) is 2.77. The molecule has 92 valence electrons. The molecule has 0 saturated heterocycles. The third kappa shape index (κ3) is 4.81. The monoisotopic (exact) mass is 224 g/mol. The van der Waals surface area contributed by atoms with Crippen LogP contribution in [0.4, 0.5) is 0 Å². The smallest absolute Gasteiger partial charge is 0.0462 e. The quantitative estimate of drug-likeness (QED) is 0.652. The fourth-order valence-corrected chi connectivity index (χ4v) is 1.81. The molecule has 0 aliphatic heterocycles. The number of rotatable bonds is 9. The van der Waals surface area contributed by atoms with Crippen molar-refractivity contribution in [3.8, 4) is 0 Å². The fraction of sp³-hybridized carbons (Fsp3) is 0.692. The molecule has 0 amide bonds. The fourth-order valence-electron chi connectivity index (χ4n) is 1.81. The normalized spacial score (nSPS) is 10.9. The number of aromatic nitrogens is 1. The van der Waals surface area contributed by atoms with Gasteiger partial charge in [-0.2, -0.15) is 0 Å². The molecule has 0 unspecified atom stereocenters. The van der Waals surface area contributed by atoms with E-state index in [1.54, 1.807) is 7.11 Å². The van der Waals surface area contributed by atoms with E-state index in [1.165, 1.54) is 25.0 Å². The van der Waals surface area contributed by atoms with Crippen LogP contribution >= 0.6 is 0 Å². The lowest BCUT2D eigenvalue weighted by molar-refractivity contribution is 0.192. The highest BCUT2D eigenvalue weighted by atomic mass is 16.5. The van der Waals surface area contributed by atoms with Gasteiger partial charge in [0.05, 0.1) is 0 Å². The van der Waals surface area contributed by atoms with Crippen LogP contribution in [0.3, 0.4) is 0 Å². The van der Waals surface area contributed by atoms with E-state index in [-0.39, 0.29) is 0 Å². The second kappa shape index (κ2) is 8.36. The molecule has 3 nitrogen and oxygen atoms in total. The summed E-state index contributed by atoms with van der Waals surface area (Å²) >= 11 is 0. The van der Waals surface area contributed by atoms with Crippen LogP contribution in [0, 0.1) is 0 Å². The molecular formula is C13H24N2O. The summed E-state index contributed by atoms with van der Waals surface area (Å²) in [5, 5.41) is 3.48. The van der Waals surface area contributed by atoms with E-state index in [1.807, 2.05) is 0 Å². The van der Waals surface area contributed by atoms with E-state index in [0.29, 0.717) is 0 Å². The molecule has 16 heavy (non-hydrogen) atoms. The molecule has 1 rings (SSSR count). The van der Waals surface area contributed by atoms with Gasteiger partial charge >= 0.3 is 0 Å². The number of nitrogens with zero attached hydrogens (tertiary/aromatic N) is 1. The summed E-state index contributed by atoms with van der Waals surface area (Å²) in [7, 11) is 1.76. The average molecular weight is 224 g/mol. The first kappa shape index (κ1) is 13.3. The van der Waals surface area contributed by atoms with Crippen molar-refractivity contribution in [2.75, 3.05) is 20.3 Å². The van der Waals surface area contributed by atoms with Gasteiger partial charge in [-0.15, -0.1) is 0 Å². The average Bonchev–Trinajstić information content (AvgIpc) is 2.75. The number of hydrogen-bond donors (Lipinski definition) is 1. The van der Waals surface area contributed by atoms with Crippen molar-refractivity contribution in [3.63, 3.8) is 0 Å². The van der Waals surface area contributed by atoms with Gasteiger partial charge < -0.3 is 14.6 Å². The Kier molecular flexibility index (Phi) is 6.93. The summed E-state index contributed by atoms with van der Waals surface area (Å²) < 4.78 is 7.29. The van der Waals surface area contributed by atoms with Crippen molar-refractivity contribution in [1.82, 2.24) is 9.88 Å². The highest BCUT2D eigenvalue weighted by molar-refractivity contribution is 5.06. The molecule has 1 aromatic rings. The van der Waals surface area contributed by atoms with Crippen molar-refractivity contribution >= 4 is 0 Å². The van der Waals surface area contributed by atoms with Gasteiger partial charge in [0.25, 0.3) is 0 Å². The Morgan fingerprint density at radius 3 is 2.94 bits per heavy atom. The zero-order chi connectivity index (χ0) is 11.6. The summed E-state index contributed by atoms with van der Waals surface area (Å²) in [4.78, 5) is 0. The molecule has 1 heterocycles. The van der Waals surface area contributed by atoms with Gasteiger partial charge in [0.1, 0.15) is 0 Å². The first-order chi connectivity index (χ1) is 7.88. The summed E-state index contributed by atoms with van der Waals surface area (Å²) in [5.41, 5.74) is 1.37. The number of nitrogens with one attached hydrogen (secondary N) is 1. The summed E-state index contributed by atoms with van der Waals surface area (Å²) in [5.74, 6) is 0. The largest absolute Gasteiger partial charge is 0.385 e. The standard InChI is InChI=1S/C13H24N2O/c1-3-15-10-7-8-13(15)12-14-9-5-4-6-11-16-2/h7-8,10,14H,3-6,9,11-12H2,1-2H3. The molecule has 0 bridgehead atoms. The second-order valence-electron chi connectivity index (χ2n) is 4.02. The van der Waals surface area contributed by atoms with Crippen LogP contribution in [0.1, 0.15) is 31.9 Å². The zero-order valence-electron chi connectivity index (χ0n) is 10.5. The molecule has 1 N–H and O–H groups in total. The zero-order valence-corrected chi connectivity index (χ0v) is 10.5. The lowest BCUT2D eigenvalue weighted by Crippen LogP contribution is -2.17. The first-order valence-electron chi connectivity index (χ1n) is 6.22. The third-order valence-corrected chi connectivity index (χ3v) is 2.77. The van der Waals surface area contributed by atoms with Gasteiger partial charge in [-0.1, -0.05) is 0 Å². The number of methoxy groups -OCH3 is 1. The minimum atomic E-state index is 0.888. The molecule has 0 spiro atoms. The summed E-state index contributed by atoms with van der Waals surface area (Å²) in [6.45, 7) is 6.19. The van der Waals surface area contributed by atoms with Crippen LogP contribution in [0.5, 0.6) is 0 Å². The van der Waals surface area contributed by atoms with Crippen molar-refractivity contribution < 1.29 is 4.74 Å². The maximum atomic E-state index is 5.01. The van der Waals surface area contributed by atoms with E-state index in [9.17, 15) is 0 Å². The number of aryl methyl sites for hydroxylation is 1. The van der Waals surface area contributed by atoms with Crippen LogP contribution in [-0.4, -0.2) is 24.8 Å². The van der Waals surface area contributed by atoms with E-state index in [4.69, 9.17) is 4.74 Å². The summed E-state index contributed by atoms with van der Waals surface area (Å²) in [6.07, 6.45) is 5.78. The molecule has 3 heteroatoms. The highest BCUT2D eigenvalue weighted by Gasteiger charge is 1.97. The molecule has 0 radical (unpaired) electrons. The highest BCUT2D eigenvalue weighted by Crippen LogP contribution is 2.01. The molecule has 0 aromatic carbocycles. The molecular weight excluding hydrogens is 200 g/mol. The Morgan fingerprint density at radius 1 is 1.31 bits per heavy atom. The number of hydrogen-bond acceptors (Lipinski definition) is 2. The van der Waals surface area contributed by atoms with Gasteiger partial charge in [0.15, 0.2) is 0 Å². The Morgan fingerprint density at radius 2 is 2.19 bits per heavy atom. The predicted molar refractivity (Wildman–Crippen MR) is 67.5 cm³/mol. The molecule has 0 fully saturated rings. The predicted octanol–water partition coefficient (Wildman–Crippen LogP) is 2.41. The van der Waals surface area contributed by atoms with Crippen molar-refractivity contribution in [3.05, 3.63) is 24.0 Å². The van der Waals surface area contributed by atoms with Crippen LogP contribution in [0.2, 0.25) is 0 Å². The van der Waals surface area contributed by atoms with E-state index < -0.39 is 0 Å². The van der Waals surface area contributed by atoms with Gasteiger partial charge in [-0.3, -0.25) is 0 Å². The van der Waals surface area contributed by atoms with Gasteiger partial charge in [0, 0.05) is 38.7 Å². The van der Waals surface area contributed by atoms with Gasteiger partial charge in [-0.05, 0) is 44.9 Å². The Labute approximate surface area is 98.8 Å². The van der Waals surface area contributed by atoms with E-state index >= 15 is 0 Å². The van der Waals surface area contributed by atoms with Crippen molar-refractivity contribution in [1.29, 1.82) is 0 Å². The maximum Gasteiger partial charge on any atom is 0.0462 e. The molecule has 0 atom stereocenters. The summed E-state index contributed by atoms with van der Waals surface area (Å²) in [6, 6.07) is 4.29. The van der Waals surface area contributed by atoms with Crippen molar-refractivity contribution in [2.24, 2.45) is 0 Å². The molecule has 0 aliphatic carbocycles. The van der Waals surface area contributed by atoms with Crippen LogP contribution in [0.15, 0.2) is 18.3 Å². The topological polar surface area (TPSA) is 26.2 Å². The number of unbranched alkanes of at least 4 members (excludes halogenated alkanes) is 2. The molecule has 0 saturated carbocycles. The van der Waals surface area contributed by atoms with Crippen LogP contribution in [0.25, 0.3) is 0 Å². The second-order valence-corrected chi connectivity index (χ2v) is 4.02. The molecule has 0 aliphatic rings. The Balaban J connectivity index is 2.03. The molecule has 1 aromatic heterocycles. The minimum Gasteiger partial charge on any atom is -0.385 e. The Bertz CT molecular complexity index is 271. The maximum absolute atomic E-state index is 5.01. The van der Waals surface area contributed by atoms with Gasteiger partial charge in [0.2, 0.25) is 0 Å². The Hall–Kier alpha value is -0.800. The first-order valence-corrected chi connectivity index (χ1v) is 6.22. The van der Waals surface area contributed by atoms with Gasteiger partial charge in [-0.25, -0.2) is 0 Å².